The lowest BCUT2D eigenvalue weighted by atomic mass is 9.98. The Morgan fingerprint density at radius 1 is 1.00 bits per heavy atom. The Bertz CT molecular complexity index is 1610. The van der Waals surface area contributed by atoms with Crippen molar-refractivity contribution in [3.05, 3.63) is 87.3 Å². The van der Waals surface area contributed by atoms with Crippen LogP contribution in [0, 0.1) is 0 Å². The van der Waals surface area contributed by atoms with E-state index in [1.54, 1.807) is 41.9 Å². The number of nitrogens with one attached hydrogen (secondary N) is 2. The van der Waals surface area contributed by atoms with E-state index in [-0.39, 0.29) is 36.2 Å². The van der Waals surface area contributed by atoms with E-state index in [9.17, 15) is 24.3 Å². The first-order valence-electron chi connectivity index (χ1n) is 12.6. The van der Waals surface area contributed by atoms with Crippen LogP contribution in [0.3, 0.4) is 0 Å². The molecular formula is C28H27N5O5S. The largest absolute Gasteiger partial charge is 0.507 e. The molecule has 0 saturated carbocycles. The van der Waals surface area contributed by atoms with Crippen LogP contribution in [0.4, 0.5) is 0 Å². The number of aromatic nitrogens is 2. The van der Waals surface area contributed by atoms with Crippen molar-refractivity contribution in [2.45, 2.75) is 19.3 Å². The third kappa shape index (κ3) is 5.83. The average Bonchev–Trinajstić information content (AvgIpc) is 3.42. The third-order valence-electron chi connectivity index (χ3n) is 6.57. The second kappa shape index (κ2) is 11.5. The molecule has 10 nitrogen and oxygen atoms in total. The van der Waals surface area contributed by atoms with Gasteiger partial charge in [0, 0.05) is 48.5 Å². The first kappa shape index (κ1) is 26.1. The zero-order chi connectivity index (χ0) is 27.4. The van der Waals surface area contributed by atoms with E-state index >= 15 is 0 Å². The van der Waals surface area contributed by atoms with E-state index < -0.39 is 11.5 Å². The Balaban J connectivity index is 1.38. The van der Waals surface area contributed by atoms with Crippen LogP contribution >= 0.6 is 11.3 Å². The van der Waals surface area contributed by atoms with Gasteiger partial charge in [0.15, 0.2) is 4.96 Å². The van der Waals surface area contributed by atoms with Crippen molar-refractivity contribution in [1.29, 1.82) is 0 Å². The van der Waals surface area contributed by atoms with Crippen LogP contribution in [0.5, 0.6) is 5.75 Å². The number of aromatic hydroxyl groups is 1. The first-order valence-corrected chi connectivity index (χ1v) is 13.5. The summed E-state index contributed by atoms with van der Waals surface area (Å²) in [6, 6.07) is 12.2. The predicted molar refractivity (Wildman–Crippen MR) is 147 cm³/mol. The van der Waals surface area contributed by atoms with Crippen LogP contribution in [0.2, 0.25) is 0 Å². The normalized spacial score (nSPS) is 15.2. The van der Waals surface area contributed by atoms with Crippen molar-refractivity contribution in [3.8, 4) is 16.9 Å². The first-order chi connectivity index (χ1) is 18.9. The molecule has 0 spiro atoms. The summed E-state index contributed by atoms with van der Waals surface area (Å²) < 4.78 is 1.32. The molecule has 3 heterocycles. The van der Waals surface area contributed by atoms with E-state index in [0.29, 0.717) is 54.0 Å². The van der Waals surface area contributed by atoms with Gasteiger partial charge in [-0.15, -0.1) is 11.3 Å². The smallest absolute Gasteiger partial charge is 0.271 e. The zero-order valence-corrected chi connectivity index (χ0v) is 21.9. The molecule has 11 heteroatoms. The molecule has 0 saturated heterocycles. The van der Waals surface area contributed by atoms with E-state index in [1.165, 1.54) is 26.8 Å². The lowest BCUT2D eigenvalue weighted by Gasteiger charge is -2.22. The highest BCUT2D eigenvalue weighted by Gasteiger charge is 2.23. The second-order valence-electron chi connectivity index (χ2n) is 9.25. The summed E-state index contributed by atoms with van der Waals surface area (Å²) in [5, 5.41) is 17.9. The van der Waals surface area contributed by atoms with Crippen molar-refractivity contribution in [1.82, 2.24) is 24.9 Å². The van der Waals surface area contributed by atoms with E-state index in [1.807, 2.05) is 12.1 Å². The predicted octanol–water partition coefficient (Wildman–Crippen LogP) is 2.45. The Morgan fingerprint density at radius 2 is 1.85 bits per heavy atom. The molecule has 3 amide bonds. The van der Waals surface area contributed by atoms with Gasteiger partial charge in [0.1, 0.15) is 11.3 Å². The number of benzene rings is 2. The van der Waals surface area contributed by atoms with Crippen molar-refractivity contribution in [2.75, 3.05) is 26.2 Å². The SMILES string of the molecule is O=C1CN(C(=O)c2cnc3sccn3c2=O)CCCCNC(=O)c2cccc(c2)-c2cc(ccc2O)CCN1. The summed E-state index contributed by atoms with van der Waals surface area (Å²) in [4.78, 5) is 57.9. The van der Waals surface area contributed by atoms with Crippen molar-refractivity contribution < 1.29 is 19.5 Å². The highest BCUT2D eigenvalue weighted by atomic mass is 32.1. The molecule has 4 bridgehead atoms. The minimum atomic E-state index is -0.568. The molecule has 200 valence electrons. The maximum Gasteiger partial charge on any atom is 0.271 e. The van der Waals surface area contributed by atoms with Gasteiger partial charge in [-0.1, -0.05) is 18.2 Å². The Labute approximate surface area is 227 Å². The summed E-state index contributed by atoms with van der Waals surface area (Å²) in [6.45, 7) is 0.689. The number of amides is 3. The van der Waals surface area contributed by atoms with Gasteiger partial charge >= 0.3 is 0 Å². The van der Waals surface area contributed by atoms with Crippen molar-refractivity contribution in [2.24, 2.45) is 0 Å². The van der Waals surface area contributed by atoms with Gasteiger partial charge < -0.3 is 20.6 Å². The van der Waals surface area contributed by atoms with E-state index in [0.717, 1.165) is 5.56 Å². The molecule has 0 atom stereocenters. The fourth-order valence-corrected chi connectivity index (χ4v) is 5.17. The fraction of sp³-hybridized carbons (Fsp3) is 0.250. The number of thiazole rings is 1. The van der Waals surface area contributed by atoms with Crippen LogP contribution in [0.25, 0.3) is 16.1 Å². The number of nitrogens with zero attached hydrogens (tertiary/aromatic N) is 3. The lowest BCUT2D eigenvalue weighted by Crippen LogP contribution is -2.43. The average molecular weight is 546 g/mol. The number of hydrogen-bond donors (Lipinski definition) is 3. The molecule has 1 aliphatic heterocycles. The number of phenols is 1. The summed E-state index contributed by atoms with van der Waals surface area (Å²) >= 11 is 1.29. The molecule has 2 aromatic carbocycles. The van der Waals surface area contributed by atoms with Gasteiger partial charge in [-0.05, 0) is 54.7 Å². The van der Waals surface area contributed by atoms with Crippen LogP contribution in [0.1, 0.15) is 39.1 Å². The Hall–Kier alpha value is -4.51. The van der Waals surface area contributed by atoms with Crippen LogP contribution in [0.15, 0.2) is 65.0 Å². The van der Waals surface area contributed by atoms with Crippen molar-refractivity contribution in [3.63, 3.8) is 0 Å². The van der Waals surface area contributed by atoms with Gasteiger partial charge in [-0.2, -0.15) is 0 Å². The van der Waals surface area contributed by atoms with E-state index in [2.05, 4.69) is 15.6 Å². The number of phenolic OH excluding ortho intramolecular Hbond substituents is 1. The van der Waals surface area contributed by atoms with E-state index in [4.69, 9.17) is 0 Å². The minimum Gasteiger partial charge on any atom is -0.507 e. The molecule has 3 N–H and O–H groups in total. The summed E-state index contributed by atoms with van der Waals surface area (Å²) in [7, 11) is 0. The van der Waals surface area contributed by atoms with Crippen molar-refractivity contribution >= 4 is 34.0 Å². The molecule has 2 aromatic heterocycles. The summed E-state index contributed by atoms with van der Waals surface area (Å²) in [5.41, 5.74) is 2.07. The van der Waals surface area contributed by atoms with Gasteiger partial charge in [0.05, 0.1) is 6.54 Å². The number of rotatable bonds is 1. The molecule has 0 unspecified atom stereocenters. The molecule has 5 rings (SSSR count). The highest BCUT2D eigenvalue weighted by Crippen LogP contribution is 2.30. The maximum atomic E-state index is 13.4. The van der Waals surface area contributed by atoms with Gasteiger partial charge in [0.2, 0.25) is 5.91 Å². The molecule has 0 radical (unpaired) electrons. The molecular weight excluding hydrogens is 518 g/mol. The third-order valence-corrected chi connectivity index (χ3v) is 7.34. The fourth-order valence-electron chi connectivity index (χ4n) is 4.50. The minimum absolute atomic E-state index is 0.0925. The highest BCUT2D eigenvalue weighted by molar-refractivity contribution is 7.15. The quantitative estimate of drug-likeness (QED) is 0.337. The molecule has 4 aromatic rings. The summed E-state index contributed by atoms with van der Waals surface area (Å²) in [6.07, 6.45) is 4.38. The standard InChI is InChI=1S/C28H27N5O5S/c34-23-7-6-18-8-10-29-24(35)17-32(26(37)22-16-31-28-33(27(22)38)12-13-39-28)11-2-1-9-30-25(36)20-5-3-4-19(15-20)21(23)14-18/h3-7,12-16,34H,1-2,8-11,17H2,(H,29,35)(H,30,36). The molecule has 1 aliphatic rings. The van der Waals surface area contributed by atoms with Crippen LogP contribution in [-0.4, -0.2) is 63.3 Å². The van der Waals surface area contributed by atoms with Crippen LogP contribution < -0.4 is 16.2 Å². The second-order valence-corrected chi connectivity index (χ2v) is 10.1. The lowest BCUT2D eigenvalue weighted by molar-refractivity contribution is -0.121. The maximum absolute atomic E-state index is 13.4. The number of carbonyl (C=O) groups excluding carboxylic acids is 3. The number of fused-ring (bicyclic) bond motifs is 6. The summed E-state index contributed by atoms with van der Waals surface area (Å²) in [5.74, 6) is -1.07. The molecule has 39 heavy (non-hydrogen) atoms. The van der Waals surface area contributed by atoms with Crippen LogP contribution in [-0.2, 0) is 11.2 Å². The van der Waals surface area contributed by atoms with Gasteiger partial charge in [-0.3, -0.25) is 23.6 Å². The van der Waals surface area contributed by atoms with Gasteiger partial charge in [0.25, 0.3) is 17.4 Å². The number of hydrogen-bond acceptors (Lipinski definition) is 7. The molecule has 0 fully saturated rings. The molecule has 0 aliphatic carbocycles. The Morgan fingerprint density at radius 3 is 2.72 bits per heavy atom. The Kier molecular flexibility index (Phi) is 7.69. The topological polar surface area (TPSA) is 133 Å². The number of carbonyl (C=O) groups is 3. The van der Waals surface area contributed by atoms with Gasteiger partial charge in [-0.25, -0.2) is 4.98 Å². The monoisotopic (exact) mass is 545 g/mol. The zero-order valence-electron chi connectivity index (χ0n) is 21.1.